The van der Waals surface area contributed by atoms with Crippen LogP contribution in [0.4, 0.5) is 0 Å². The number of hydrogen-bond acceptors (Lipinski definition) is 3. The van der Waals surface area contributed by atoms with Gasteiger partial charge in [0.15, 0.2) is 0 Å². The lowest BCUT2D eigenvalue weighted by Crippen LogP contribution is -2.36. The molecule has 0 unspecified atom stereocenters. The number of nitrogens with zero attached hydrogens (tertiary/aromatic N) is 1. The van der Waals surface area contributed by atoms with E-state index in [1.54, 1.807) is 7.11 Å². The second-order valence-corrected chi connectivity index (χ2v) is 6.08. The maximum Gasteiger partial charge on any atom is 0.122 e. The minimum atomic E-state index is -0.0865. The number of hydrogen-bond donors (Lipinski definition) is 1. The molecule has 2 rings (SSSR count). The van der Waals surface area contributed by atoms with Gasteiger partial charge in [-0.2, -0.15) is 5.26 Å². The summed E-state index contributed by atoms with van der Waals surface area (Å²) in [6.07, 6.45) is 2.07. The molecule has 1 aromatic carbocycles. The molecule has 1 fully saturated rings. The van der Waals surface area contributed by atoms with E-state index in [1.807, 2.05) is 18.2 Å². The van der Waals surface area contributed by atoms with Crippen molar-refractivity contribution in [2.45, 2.75) is 32.1 Å². The lowest BCUT2D eigenvalue weighted by Gasteiger charge is -2.28. The number of rotatable bonds is 6. The lowest BCUT2D eigenvalue weighted by molar-refractivity contribution is 0.382. The number of nitrogens with one attached hydrogen (secondary N) is 1. The molecule has 0 aromatic heterocycles. The minimum Gasteiger partial charge on any atom is -0.496 e. The normalized spacial score (nSPS) is 16.7. The summed E-state index contributed by atoms with van der Waals surface area (Å²) in [5, 5.41) is 12.5. The Morgan fingerprint density at radius 2 is 2.05 bits per heavy atom. The van der Waals surface area contributed by atoms with Gasteiger partial charge in [0, 0.05) is 24.1 Å². The van der Waals surface area contributed by atoms with Crippen molar-refractivity contribution in [1.82, 2.24) is 5.32 Å². The third-order valence-corrected chi connectivity index (χ3v) is 3.96. The van der Waals surface area contributed by atoms with E-state index < -0.39 is 0 Å². The molecule has 3 nitrogen and oxygen atoms in total. The predicted octanol–water partition coefficient (Wildman–Crippen LogP) is 2.87. The number of ether oxygens (including phenoxy) is 1. The predicted molar refractivity (Wildman–Crippen MR) is 76.2 cm³/mol. The minimum absolute atomic E-state index is 0.0157. The molecular weight excluding hydrogens is 236 g/mol. The molecule has 1 saturated carbocycles. The molecular formula is C16H22N2O. The van der Waals surface area contributed by atoms with Crippen molar-refractivity contribution < 1.29 is 4.74 Å². The quantitative estimate of drug-likeness (QED) is 0.853. The highest BCUT2D eigenvalue weighted by molar-refractivity contribution is 5.39. The first-order chi connectivity index (χ1) is 9.03. The van der Waals surface area contributed by atoms with Crippen molar-refractivity contribution >= 4 is 0 Å². The van der Waals surface area contributed by atoms with Gasteiger partial charge in [-0.3, -0.25) is 0 Å². The fraction of sp³-hybridized carbons (Fsp3) is 0.562. The van der Waals surface area contributed by atoms with Gasteiger partial charge in [-0.1, -0.05) is 32.0 Å². The smallest absolute Gasteiger partial charge is 0.122 e. The van der Waals surface area contributed by atoms with Crippen LogP contribution in [0.3, 0.4) is 0 Å². The van der Waals surface area contributed by atoms with Gasteiger partial charge in [0.05, 0.1) is 18.6 Å². The van der Waals surface area contributed by atoms with Crippen LogP contribution in [-0.2, 0) is 5.41 Å². The van der Waals surface area contributed by atoms with E-state index in [0.29, 0.717) is 0 Å². The van der Waals surface area contributed by atoms with Gasteiger partial charge in [0.1, 0.15) is 5.75 Å². The third kappa shape index (κ3) is 3.08. The summed E-state index contributed by atoms with van der Waals surface area (Å²) in [4.78, 5) is 0. The topological polar surface area (TPSA) is 45.0 Å². The van der Waals surface area contributed by atoms with Crippen LogP contribution in [0, 0.1) is 16.7 Å². The van der Waals surface area contributed by atoms with E-state index in [0.717, 1.165) is 31.7 Å². The van der Waals surface area contributed by atoms with Crippen LogP contribution in [0.15, 0.2) is 24.3 Å². The highest BCUT2D eigenvalue weighted by Gasteiger charge is 2.42. The van der Waals surface area contributed by atoms with Crippen molar-refractivity contribution in [3.05, 3.63) is 29.8 Å². The zero-order valence-electron chi connectivity index (χ0n) is 12.0. The van der Waals surface area contributed by atoms with E-state index in [9.17, 15) is 0 Å². The number of nitriles is 1. The van der Waals surface area contributed by atoms with E-state index in [2.05, 4.69) is 31.3 Å². The van der Waals surface area contributed by atoms with Crippen LogP contribution in [0.2, 0.25) is 0 Å². The second kappa shape index (κ2) is 5.22. The third-order valence-electron chi connectivity index (χ3n) is 3.96. The zero-order chi connectivity index (χ0) is 13.9. The van der Waals surface area contributed by atoms with Crippen molar-refractivity contribution in [2.75, 3.05) is 20.2 Å². The van der Waals surface area contributed by atoms with Gasteiger partial charge < -0.3 is 10.1 Å². The standard InChI is InChI=1S/C16H22N2O/c1-15(2,11-18-12-16(10-17)8-9-16)13-6-4-5-7-14(13)19-3/h4-7,18H,8-9,11-12H2,1-3H3. The molecule has 1 aromatic rings. The monoisotopic (exact) mass is 258 g/mol. The summed E-state index contributed by atoms with van der Waals surface area (Å²) in [6, 6.07) is 10.5. The highest BCUT2D eigenvalue weighted by Crippen LogP contribution is 2.44. The van der Waals surface area contributed by atoms with E-state index in [-0.39, 0.29) is 10.8 Å². The summed E-state index contributed by atoms with van der Waals surface area (Å²) >= 11 is 0. The fourth-order valence-corrected chi connectivity index (χ4v) is 2.39. The molecule has 0 spiro atoms. The first-order valence-corrected chi connectivity index (χ1v) is 6.78. The largest absolute Gasteiger partial charge is 0.496 e. The average Bonchev–Trinajstić information content (AvgIpc) is 3.19. The Morgan fingerprint density at radius 3 is 2.63 bits per heavy atom. The van der Waals surface area contributed by atoms with Crippen LogP contribution in [0.25, 0.3) is 0 Å². The molecule has 1 N–H and O–H groups in total. The van der Waals surface area contributed by atoms with Crippen LogP contribution in [0.5, 0.6) is 5.75 Å². The SMILES string of the molecule is COc1ccccc1C(C)(C)CNCC1(C#N)CC1. The average molecular weight is 258 g/mol. The van der Waals surface area contributed by atoms with Gasteiger partial charge in [-0.25, -0.2) is 0 Å². The Bertz CT molecular complexity index is 484. The first kappa shape index (κ1) is 13.9. The summed E-state index contributed by atoms with van der Waals surface area (Å²) in [5.41, 5.74) is 1.10. The Balaban J connectivity index is 1.99. The Morgan fingerprint density at radius 1 is 1.37 bits per heavy atom. The second-order valence-electron chi connectivity index (χ2n) is 6.08. The number of methoxy groups -OCH3 is 1. The van der Waals surface area contributed by atoms with Gasteiger partial charge in [0.25, 0.3) is 0 Å². The van der Waals surface area contributed by atoms with Gasteiger partial charge in [-0.05, 0) is 18.9 Å². The molecule has 0 heterocycles. The van der Waals surface area contributed by atoms with Crippen molar-refractivity contribution in [1.29, 1.82) is 5.26 Å². The molecule has 0 radical (unpaired) electrons. The Hall–Kier alpha value is -1.53. The Labute approximate surface area is 115 Å². The fourth-order valence-electron chi connectivity index (χ4n) is 2.39. The molecule has 0 bridgehead atoms. The van der Waals surface area contributed by atoms with Crippen molar-refractivity contribution in [2.24, 2.45) is 5.41 Å². The molecule has 0 saturated heterocycles. The van der Waals surface area contributed by atoms with E-state index in [1.165, 1.54) is 5.56 Å². The maximum atomic E-state index is 9.08. The number of benzene rings is 1. The number of para-hydroxylation sites is 1. The summed E-state index contributed by atoms with van der Waals surface area (Å²) in [6.45, 7) is 6.03. The molecule has 3 heteroatoms. The van der Waals surface area contributed by atoms with Gasteiger partial charge >= 0.3 is 0 Å². The van der Waals surface area contributed by atoms with Crippen LogP contribution in [-0.4, -0.2) is 20.2 Å². The summed E-state index contributed by atoms with van der Waals surface area (Å²) in [5.74, 6) is 0.927. The molecule has 102 valence electrons. The summed E-state index contributed by atoms with van der Waals surface area (Å²) in [7, 11) is 1.71. The Kier molecular flexibility index (Phi) is 3.82. The maximum absolute atomic E-state index is 9.08. The van der Waals surface area contributed by atoms with Gasteiger partial charge in [0.2, 0.25) is 0 Å². The lowest BCUT2D eigenvalue weighted by atomic mass is 9.83. The molecule has 1 aliphatic carbocycles. The zero-order valence-corrected chi connectivity index (χ0v) is 12.0. The molecule has 19 heavy (non-hydrogen) atoms. The van der Waals surface area contributed by atoms with E-state index in [4.69, 9.17) is 10.00 Å². The van der Waals surface area contributed by atoms with Crippen molar-refractivity contribution in [3.63, 3.8) is 0 Å². The summed E-state index contributed by atoms with van der Waals surface area (Å²) < 4.78 is 5.43. The first-order valence-electron chi connectivity index (χ1n) is 6.78. The van der Waals surface area contributed by atoms with Crippen LogP contribution >= 0.6 is 0 Å². The molecule has 0 aliphatic heterocycles. The van der Waals surface area contributed by atoms with Crippen molar-refractivity contribution in [3.8, 4) is 11.8 Å². The molecule has 0 atom stereocenters. The highest BCUT2D eigenvalue weighted by atomic mass is 16.5. The molecule has 0 amide bonds. The molecule has 1 aliphatic rings. The van der Waals surface area contributed by atoms with E-state index >= 15 is 0 Å². The van der Waals surface area contributed by atoms with Crippen LogP contribution < -0.4 is 10.1 Å². The van der Waals surface area contributed by atoms with Gasteiger partial charge in [-0.15, -0.1) is 0 Å². The van der Waals surface area contributed by atoms with Crippen LogP contribution in [0.1, 0.15) is 32.3 Å².